The van der Waals surface area contributed by atoms with E-state index in [-0.39, 0.29) is 12.3 Å². The van der Waals surface area contributed by atoms with Crippen molar-refractivity contribution in [1.82, 2.24) is 14.5 Å². The monoisotopic (exact) mass is 495 g/mol. The quantitative estimate of drug-likeness (QED) is 0.251. The van der Waals surface area contributed by atoms with Gasteiger partial charge in [0.2, 0.25) is 0 Å². The van der Waals surface area contributed by atoms with Crippen molar-refractivity contribution < 1.29 is 24.1 Å². The molecule has 0 bridgehead atoms. The zero-order valence-corrected chi connectivity index (χ0v) is 20.2. The Hall–Kier alpha value is -4.85. The standard InChI is InChI=1S/C29H25N3O5/c1-2-35-24-5-3-4-20(18-24)28-25-19-27(29(33)34)32(26(25)12-15-31-28)16-17-36-21-6-8-22(9-7-21)37-23-10-13-30-14-11-23/h3-15,18-19H,2,16-17H2,1H3,(H,33,34). The molecule has 0 aliphatic rings. The Bertz CT molecular complexity index is 1510. The number of ether oxygens (including phenoxy) is 3. The Balaban J connectivity index is 1.34. The second-order valence-corrected chi connectivity index (χ2v) is 8.14. The number of aromatic nitrogens is 3. The lowest BCUT2D eigenvalue weighted by Gasteiger charge is -2.12. The molecule has 0 radical (unpaired) electrons. The summed E-state index contributed by atoms with van der Waals surface area (Å²) in [4.78, 5) is 20.6. The van der Waals surface area contributed by atoms with Crippen LogP contribution in [0.5, 0.6) is 23.0 Å². The number of carboxylic acid groups (broad SMARTS) is 1. The van der Waals surface area contributed by atoms with Crippen molar-refractivity contribution in [3.63, 3.8) is 0 Å². The number of carboxylic acids is 1. The van der Waals surface area contributed by atoms with Crippen LogP contribution in [-0.2, 0) is 6.54 Å². The molecule has 0 saturated heterocycles. The second kappa shape index (κ2) is 10.8. The van der Waals surface area contributed by atoms with Crippen LogP contribution in [0.4, 0.5) is 0 Å². The summed E-state index contributed by atoms with van der Waals surface area (Å²) >= 11 is 0. The van der Waals surface area contributed by atoms with Crippen LogP contribution in [0.3, 0.4) is 0 Å². The highest BCUT2D eigenvalue weighted by atomic mass is 16.5. The summed E-state index contributed by atoms with van der Waals surface area (Å²) < 4.78 is 19.1. The lowest BCUT2D eigenvalue weighted by atomic mass is 10.1. The van der Waals surface area contributed by atoms with Crippen molar-refractivity contribution in [2.75, 3.05) is 13.2 Å². The highest BCUT2D eigenvalue weighted by molar-refractivity contribution is 6.00. The van der Waals surface area contributed by atoms with Gasteiger partial charge in [-0.25, -0.2) is 4.79 Å². The van der Waals surface area contributed by atoms with Crippen molar-refractivity contribution in [3.05, 3.63) is 97.1 Å². The van der Waals surface area contributed by atoms with Crippen molar-refractivity contribution in [3.8, 4) is 34.3 Å². The lowest BCUT2D eigenvalue weighted by Crippen LogP contribution is -2.13. The van der Waals surface area contributed by atoms with Gasteiger partial charge in [-0.3, -0.25) is 9.97 Å². The first-order valence-electron chi connectivity index (χ1n) is 11.9. The zero-order chi connectivity index (χ0) is 25.6. The Kier molecular flexibility index (Phi) is 6.98. The maximum atomic E-state index is 12.1. The van der Waals surface area contributed by atoms with Crippen molar-refractivity contribution in [2.24, 2.45) is 0 Å². The molecule has 3 aromatic heterocycles. The maximum absolute atomic E-state index is 12.1. The van der Waals surface area contributed by atoms with Crippen LogP contribution in [0.25, 0.3) is 22.2 Å². The molecule has 3 heterocycles. The van der Waals surface area contributed by atoms with E-state index in [0.29, 0.717) is 36.1 Å². The van der Waals surface area contributed by atoms with Gasteiger partial charge in [-0.05, 0) is 67.6 Å². The first-order chi connectivity index (χ1) is 18.1. The van der Waals surface area contributed by atoms with Gasteiger partial charge in [-0.2, -0.15) is 0 Å². The van der Waals surface area contributed by atoms with E-state index in [9.17, 15) is 9.90 Å². The summed E-state index contributed by atoms with van der Waals surface area (Å²) in [6.07, 6.45) is 5.02. The SMILES string of the molecule is CCOc1cccc(-c2nccc3c2cc(C(=O)O)n3CCOc2ccc(Oc3ccncc3)cc2)c1. The van der Waals surface area contributed by atoms with Crippen LogP contribution in [0, 0.1) is 0 Å². The van der Waals surface area contributed by atoms with Gasteiger partial charge in [0, 0.05) is 29.5 Å². The molecule has 1 N–H and O–H groups in total. The topological polar surface area (TPSA) is 95.7 Å². The summed E-state index contributed by atoms with van der Waals surface area (Å²) in [5, 5.41) is 10.6. The van der Waals surface area contributed by atoms with E-state index in [1.54, 1.807) is 41.4 Å². The normalized spacial score (nSPS) is 10.8. The molecule has 0 atom stereocenters. The number of rotatable bonds is 10. The van der Waals surface area contributed by atoms with Crippen LogP contribution in [0.2, 0.25) is 0 Å². The molecule has 5 rings (SSSR count). The van der Waals surface area contributed by atoms with Gasteiger partial charge in [0.25, 0.3) is 0 Å². The molecule has 186 valence electrons. The third-order valence-electron chi connectivity index (χ3n) is 5.76. The van der Waals surface area contributed by atoms with Gasteiger partial charge in [-0.15, -0.1) is 0 Å². The number of pyridine rings is 2. The fourth-order valence-corrected chi connectivity index (χ4v) is 4.13. The summed E-state index contributed by atoms with van der Waals surface area (Å²) in [6.45, 7) is 3.12. The highest BCUT2D eigenvalue weighted by Gasteiger charge is 2.18. The number of nitrogens with zero attached hydrogens (tertiary/aromatic N) is 3. The molecule has 0 saturated carbocycles. The number of carbonyl (C=O) groups is 1. The van der Waals surface area contributed by atoms with Crippen molar-refractivity contribution in [2.45, 2.75) is 13.5 Å². The summed E-state index contributed by atoms with van der Waals surface area (Å²) in [5.41, 5.74) is 2.51. The molecule has 8 nitrogen and oxygen atoms in total. The first kappa shape index (κ1) is 23.9. The van der Waals surface area contributed by atoms with E-state index < -0.39 is 5.97 Å². The second-order valence-electron chi connectivity index (χ2n) is 8.14. The van der Waals surface area contributed by atoms with Crippen LogP contribution in [0.15, 0.2) is 91.4 Å². The van der Waals surface area contributed by atoms with Gasteiger partial charge >= 0.3 is 5.97 Å². The first-order valence-corrected chi connectivity index (χ1v) is 11.9. The van der Waals surface area contributed by atoms with E-state index in [2.05, 4.69) is 9.97 Å². The minimum atomic E-state index is -1.01. The summed E-state index contributed by atoms with van der Waals surface area (Å²) in [7, 11) is 0. The summed E-state index contributed by atoms with van der Waals surface area (Å²) in [5.74, 6) is 1.76. The van der Waals surface area contributed by atoms with Crippen LogP contribution in [0.1, 0.15) is 17.4 Å². The van der Waals surface area contributed by atoms with Gasteiger partial charge in [0.05, 0.1) is 24.4 Å². The molecule has 0 unspecified atom stereocenters. The smallest absolute Gasteiger partial charge is 0.352 e. The average Bonchev–Trinajstić information content (AvgIpc) is 3.30. The van der Waals surface area contributed by atoms with E-state index in [1.165, 1.54) is 0 Å². The molecule has 5 aromatic rings. The van der Waals surface area contributed by atoms with Gasteiger partial charge in [0.15, 0.2) is 0 Å². The highest BCUT2D eigenvalue weighted by Crippen LogP contribution is 2.31. The number of fused-ring (bicyclic) bond motifs is 1. The largest absolute Gasteiger partial charge is 0.494 e. The van der Waals surface area contributed by atoms with Crippen LogP contribution >= 0.6 is 0 Å². The number of hydrogen-bond donors (Lipinski definition) is 1. The molecule has 0 spiro atoms. The minimum Gasteiger partial charge on any atom is -0.494 e. The van der Waals surface area contributed by atoms with Crippen LogP contribution in [-0.4, -0.2) is 38.8 Å². The third-order valence-corrected chi connectivity index (χ3v) is 5.76. The Morgan fingerprint density at radius 1 is 0.865 bits per heavy atom. The summed E-state index contributed by atoms with van der Waals surface area (Å²) in [6, 6.07) is 21.9. The fourth-order valence-electron chi connectivity index (χ4n) is 4.13. The third kappa shape index (κ3) is 5.38. The van der Waals surface area contributed by atoms with E-state index in [4.69, 9.17) is 14.2 Å². The lowest BCUT2D eigenvalue weighted by molar-refractivity contribution is 0.0684. The number of benzene rings is 2. The van der Waals surface area contributed by atoms with E-state index in [1.807, 2.05) is 61.5 Å². The molecule has 2 aromatic carbocycles. The molecular formula is C29H25N3O5. The van der Waals surface area contributed by atoms with Gasteiger partial charge < -0.3 is 23.9 Å². The number of hydrogen-bond acceptors (Lipinski definition) is 6. The molecule has 0 fully saturated rings. The molecule has 37 heavy (non-hydrogen) atoms. The predicted octanol–water partition coefficient (Wildman–Crippen LogP) is 6.07. The average molecular weight is 496 g/mol. The molecule has 0 aliphatic heterocycles. The Morgan fingerprint density at radius 3 is 2.38 bits per heavy atom. The zero-order valence-electron chi connectivity index (χ0n) is 20.2. The maximum Gasteiger partial charge on any atom is 0.352 e. The van der Waals surface area contributed by atoms with Crippen molar-refractivity contribution >= 4 is 16.9 Å². The van der Waals surface area contributed by atoms with E-state index in [0.717, 1.165) is 22.2 Å². The predicted molar refractivity (Wildman–Crippen MR) is 140 cm³/mol. The fraction of sp³-hybridized carbons (Fsp3) is 0.138. The van der Waals surface area contributed by atoms with Crippen LogP contribution < -0.4 is 14.2 Å². The number of aromatic carboxylic acids is 1. The molecular weight excluding hydrogens is 470 g/mol. The van der Waals surface area contributed by atoms with Gasteiger partial charge in [-0.1, -0.05) is 12.1 Å². The molecule has 0 amide bonds. The molecule has 0 aliphatic carbocycles. The molecule has 8 heteroatoms. The van der Waals surface area contributed by atoms with Gasteiger partial charge in [0.1, 0.15) is 35.3 Å². The van der Waals surface area contributed by atoms with Crippen molar-refractivity contribution in [1.29, 1.82) is 0 Å². The Morgan fingerprint density at radius 2 is 1.62 bits per heavy atom. The van der Waals surface area contributed by atoms with E-state index >= 15 is 0 Å². The Labute approximate surface area is 213 Å². The minimum absolute atomic E-state index is 0.176.